The average Bonchev–Trinajstić information content (AvgIpc) is 3.48. The highest BCUT2D eigenvalue weighted by molar-refractivity contribution is 7.92. The van der Waals surface area contributed by atoms with Crippen molar-refractivity contribution in [2.24, 2.45) is 0 Å². The summed E-state index contributed by atoms with van der Waals surface area (Å²) >= 11 is 0. The van der Waals surface area contributed by atoms with E-state index < -0.39 is 33.2 Å². The molecule has 0 fully saturated rings. The van der Waals surface area contributed by atoms with Gasteiger partial charge in [-0.25, -0.2) is 17.6 Å². The average molecular weight is 651 g/mol. The van der Waals surface area contributed by atoms with Crippen LogP contribution in [0.5, 0.6) is 0 Å². The molecule has 244 valence electrons. The number of halogens is 1. The second kappa shape index (κ2) is 13.7. The molecule has 0 aliphatic heterocycles. The molecule has 0 aliphatic rings. The maximum Gasteiger partial charge on any atom is 0.408 e. The van der Waals surface area contributed by atoms with Crippen LogP contribution in [0.3, 0.4) is 0 Å². The van der Waals surface area contributed by atoms with Gasteiger partial charge in [-0.3, -0.25) is 9.10 Å². The third kappa shape index (κ3) is 9.16. The maximum atomic E-state index is 13.3. The molecule has 2 amide bonds. The van der Waals surface area contributed by atoms with Crippen LogP contribution in [0, 0.1) is 5.82 Å². The lowest BCUT2D eigenvalue weighted by atomic mass is 9.89. The van der Waals surface area contributed by atoms with Crippen LogP contribution in [0.25, 0.3) is 11.3 Å². The van der Waals surface area contributed by atoms with Gasteiger partial charge in [-0.05, 0) is 75.6 Å². The van der Waals surface area contributed by atoms with Crippen molar-refractivity contribution in [3.63, 3.8) is 0 Å². The summed E-state index contributed by atoms with van der Waals surface area (Å²) < 4.78 is 50.5. The molecule has 0 bridgehead atoms. The van der Waals surface area contributed by atoms with Crippen LogP contribution in [0.1, 0.15) is 54.9 Å². The molecule has 46 heavy (non-hydrogen) atoms. The van der Waals surface area contributed by atoms with Gasteiger partial charge in [0.1, 0.15) is 17.1 Å². The van der Waals surface area contributed by atoms with E-state index in [4.69, 9.17) is 9.26 Å². The minimum absolute atomic E-state index is 0.194. The first kappa shape index (κ1) is 34.2. The number of hydrogen-bond donors (Lipinski definition) is 2. The van der Waals surface area contributed by atoms with Crippen molar-refractivity contribution in [3.8, 4) is 11.3 Å². The molecular formula is C34H39FN4O6S. The van der Waals surface area contributed by atoms with E-state index in [1.807, 2.05) is 30.3 Å². The van der Waals surface area contributed by atoms with Gasteiger partial charge in [-0.15, -0.1) is 0 Å². The molecule has 2 N–H and O–H groups in total. The molecule has 0 saturated heterocycles. The molecule has 0 aliphatic carbocycles. The summed E-state index contributed by atoms with van der Waals surface area (Å²) in [6.07, 6.45) is 1.26. The van der Waals surface area contributed by atoms with Crippen LogP contribution in [0.4, 0.5) is 14.9 Å². The van der Waals surface area contributed by atoms with E-state index in [0.717, 1.165) is 21.7 Å². The topological polar surface area (TPSA) is 131 Å². The lowest BCUT2D eigenvalue weighted by Crippen LogP contribution is -2.47. The Labute approximate surface area is 269 Å². The molecule has 4 rings (SSSR count). The van der Waals surface area contributed by atoms with Crippen LogP contribution in [-0.4, -0.2) is 51.0 Å². The predicted octanol–water partition coefficient (Wildman–Crippen LogP) is 5.83. The predicted molar refractivity (Wildman–Crippen MR) is 174 cm³/mol. The van der Waals surface area contributed by atoms with Gasteiger partial charge in [0.15, 0.2) is 5.76 Å². The number of sulfonamides is 1. The second-order valence-electron chi connectivity index (χ2n) is 12.3. The molecule has 0 unspecified atom stereocenters. The summed E-state index contributed by atoms with van der Waals surface area (Å²) in [5, 5.41) is 10.1. The van der Waals surface area contributed by atoms with Crippen molar-refractivity contribution in [2.75, 3.05) is 24.2 Å². The number of nitrogens with one attached hydrogen (secondary N) is 2. The number of ether oxygens (including phenoxy) is 1. The van der Waals surface area contributed by atoms with Crippen LogP contribution in [-0.2, 0) is 33.1 Å². The van der Waals surface area contributed by atoms with Gasteiger partial charge in [0, 0.05) is 37.2 Å². The zero-order valence-corrected chi connectivity index (χ0v) is 27.6. The second-order valence-corrected chi connectivity index (χ2v) is 14.3. The van der Waals surface area contributed by atoms with E-state index in [9.17, 15) is 22.4 Å². The van der Waals surface area contributed by atoms with Crippen LogP contribution >= 0.6 is 0 Å². The van der Waals surface area contributed by atoms with Crippen molar-refractivity contribution >= 4 is 27.7 Å². The number of carbonyl (C=O) groups excluding carboxylic acids is 2. The fourth-order valence-electron chi connectivity index (χ4n) is 4.73. The van der Waals surface area contributed by atoms with Gasteiger partial charge in [0.2, 0.25) is 10.0 Å². The number of nitrogens with zero attached hydrogens (tertiary/aromatic N) is 2. The Morgan fingerprint density at radius 3 is 2.26 bits per heavy atom. The first-order chi connectivity index (χ1) is 21.5. The lowest BCUT2D eigenvalue weighted by molar-refractivity contribution is 0.0456. The number of carbonyl (C=O) groups is 2. The van der Waals surface area contributed by atoms with E-state index in [1.54, 1.807) is 58.0 Å². The van der Waals surface area contributed by atoms with Crippen molar-refractivity contribution < 1.29 is 31.7 Å². The zero-order chi connectivity index (χ0) is 33.7. The molecular weight excluding hydrogens is 611 g/mol. The lowest BCUT2D eigenvalue weighted by Gasteiger charge is -2.30. The Morgan fingerprint density at radius 1 is 0.957 bits per heavy atom. The summed E-state index contributed by atoms with van der Waals surface area (Å²) in [4.78, 5) is 26.2. The number of aromatic nitrogens is 1. The summed E-state index contributed by atoms with van der Waals surface area (Å²) in [7, 11) is -2.28. The van der Waals surface area contributed by atoms with Gasteiger partial charge in [0.25, 0.3) is 5.91 Å². The molecule has 0 radical (unpaired) electrons. The van der Waals surface area contributed by atoms with Gasteiger partial charge >= 0.3 is 6.09 Å². The third-order valence-corrected chi connectivity index (χ3v) is 8.40. The smallest absolute Gasteiger partial charge is 0.408 e. The van der Waals surface area contributed by atoms with Gasteiger partial charge < -0.3 is 19.9 Å². The molecule has 1 heterocycles. The molecule has 1 atom stereocenters. The Bertz CT molecular complexity index is 1790. The summed E-state index contributed by atoms with van der Waals surface area (Å²) in [6, 6.07) is 21.8. The number of rotatable bonds is 11. The van der Waals surface area contributed by atoms with Gasteiger partial charge in [0.05, 0.1) is 17.5 Å². The fraction of sp³-hybridized carbons (Fsp3) is 0.324. The van der Waals surface area contributed by atoms with E-state index >= 15 is 0 Å². The normalized spacial score (nSPS) is 13.0. The van der Waals surface area contributed by atoms with Crippen LogP contribution < -0.4 is 14.9 Å². The first-order valence-electron chi connectivity index (χ1n) is 14.7. The number of benzene rings is 3. The quantitative estimate of drug-likeness (QED) is 0.209. The summed E-state index contributed by atoms with van der Waals surface area (Å²) in [6.45, 7) is 7.39. The molecule has 10 nitrogen and oxygen atoms in total. The van der Waals surface area contributed by atoms with Crippen molar-refractivity contribution in [2.45, 2.75) is 51.7 Å². The van der Waals surface area contributed by atoms with Crippen LogP contribution in [0.15, 0.2) is 83.4 Å². The number of anilines is 1. The Kier molecular flexibility index (Phi) is 10.2. The molecule has 12 heteroatoms. The van der Waals surface area contributed by atoms with Gasteiger partial charge in [-0.2, -0.15) is 0 Å². The van der Waals surface area contributed by atoms with E-state index in [1.165, 1.54) is 25.2 Å². The summed E-state index contributed by atoms with van der Waals surface area (Å²) in [5.41, 5.74) is 1.21. The van der Waals surface area contributed by atoms with Crippen molar-refractivity contribution in [3.05, 3.63) is 107 Å². The van der Waals surface area contributed by atoms with Crippen molar-refractivity contribution in [1.29, 1.82) is 0 Å². The highest BCUT2D eigenvalue weighted by Crippen LogP contribution is 2.32. The minimum atomic E-state index is -3.67. The fourth-order valence-corrected chi connectivity index (χ4v) is 5.22. The Hall–Kier alpha value is -4.71. The Morgan fingerprint density at radius 2 is 1.63 bits per heavy atom. The van der Waals surface area contributed by atoms with Crippen molar-refractivity contribution in [1.82, 2.24) is 15.8 Å². The van der Waals surface area contributed by atoms with Crippen LogP contribution in [0.2, 0.25) is 0 Å². The first-order valence-corrected chi connectivity index (χ1v) is 16.5. The zero-order valence-electron chi connectivity index (χ0n) is 26.8. The maximum absolute atomic E-state index is 13.3. The molecule has 3 aromatic carbocycles. The number of alkyl carbamates (subject to hydrolysis) is 1. The van der Waals surface area contributed by atoms with E-state index in [2.05, 4.69) is 15.8 Å². The SMILES string of the molecule is CN(c1cc(C(=O)NCCc2ccc(F)cc2)cc(-c2cc([C@@](C)(Cc3ccccc3)NC(=O)OC(C)(C)C)no2)c1)S(C)(=O)=O. The molecule has 1 aromatic heterocycles. The number of hydrogen-bond acceptors (Lipinski definition) is 7. The third-order valence-electron chi connectivity index (χ3n) is 7.19. The standard InChI is InChI=1S/C34H39FN4O6S/c1-33(2,3)44-32(41)37-34(4,22-24-10-8-7-9-11-24)30-21-29(45-38-30)25-18-26(20-28(19-25)39(5)46(6,42)43)31(40)36-17-16-23-12-14-27(35)15-13-23/h7-15,18-21H,16-17,22H2,1-6H3,(H,36,40)(H,37,41)/t34-/m1/s1. The van der Waals surface area contributed by atoms with Gasteiger partial charge in [-0.1, -0.05) is 47.6 Å². The molecule has 0 spiro atoms. The minimum Gasteiger partial charge on any atom is -0.444 e. The molecule has 0 saturated carbocycles. The molecule has 4 aromatic rings. The monoisotopic (exact) mass is 650 g/mol. The van der Waals surface area contributed by atoms with E-state index in [-0.39, 0.29) is 29.4 Å². The summed E-state index contributed by atoms with van der Waals surface area (Å²) in [5.74, 6) is -0.527. The Balaban J connectivity index is 1.67. The van der Waals surface area contributed by atoms with E-state index in [0.29, 0.717) is 24.1 Å². The highest BCUT2D eigenvalue weighted by Gasteiger charge is 2.35. The highest BCUT2D eigenvalue weighted by atomic mass is 32.2. The number of amides is 2. The largest absolute Gasteiger partial charge is 0.444 e.